The minimum atomic E-state index is -0.628. The zero-order chi connectivity index (χ0) is 18.5. The Balaban J connectivity index is 1.42. The maximum Gasteiger partial charge on any atom is 0.346 e. The molecule has 1 atom stereocenters. The minimum Gasteiger partial charge on any atom is -0.271 e. The smallest absolute Gasteiger partial charge is 0.271 e. The number of rotatable bonds is 3. The number of hydrogen-bond donors (Lipinski definition) is 0. The van der Waals surface area contributed by atoms with Crippen LogP contribution in [0.25, 0.3) is 0 Å². The molecule has 2 aliphatic rings. The molecule has 5 nitrogen and oxygen atoms in total. The van der Waals surface area contributed by atoms with E-state index in [1.54, 1.807) is 15.4 Å². The molecule has 2 aromatic heterocycles. The first-order valence-electron chi connectivity index (χ1n) is 9.16. The van der Waals surface area contributed by atoms with Gasteiger partial charge in [0.25, 0.3) is 0 Å². The van der Waals surface area contributed by atoms with Crippen LogP contribution in [-0.2, 0) is 6.42 Å². The van der Waals surface area contributed by atoms with Gasteiger partial charge in [0.2, 0.25) is 0 Å². The summed E-state index contributed by atoms with van der Waals surface area (Å²) in [6, 6.07) is 7.12. The van der Waals surface area contributed by atoms with Gasteiger partial charge < -0.3 is 0 Å². The van der Waals surface area contributed by atoms with Crippen LogP contribution in [-0.4, -0.2) is 19.3 Å². The van der Waals surface area contributed by atoms with E-state index in [1.165, 1.54) is 17.7 Å². The van der Waals surface area contributed by atoms with Crippen molar-refractivity contribution in [1.29, 1.82) is 0 Å². The fraction of sp³-hybridized carbons (Fsp3) is 0.350. The van der Waals surface area contributed by atoms with Gasteiger partial charge in [0.15, 0.2) is 0 Å². The number of halogens is 2. The highest BCUT2D eigenvalue weighted by Gasteiger charge is 2.37. The Morgan fingerprint density at radius 3 is 2.56 bits per heavy atom. The van der Waals surface area contributed by atoms with Crippen molar-refractivity contribution in [2.75, 3.05) is 0 Å². The molecule has 0 radical (unpaired) electrons. The van der Waals surface area contributed by atoms with E-state index in [4.69, 9.17) is 0 Å². The van der Waals surface area contributed by atoms with Gasteiger partial charge in [-0.25, -0.2) is 18.3 Å². The molecule has 5 rings (SSSR count). The van der Waals surface area contributed by atoms with Crippen molar-refractivity contribution in [2.24, 2.45) is 0 Å². The SMILES string of the molecule is O=c1n(C2CC(c3cccnc3)C2)nc2n1[C@H](c1cc(F)cc(F)c1)CC2. The molecule has 138 valence electrons. The van der Waals surface area contributed by atoms with Gasteiger partial charge in [-0.1, -0.05) is 6.07 Å². The van der Waals surface area contributed by atoms with Crippen LogP contribution in [0.5, 0.6) is 0 Å². The fourth-order valence-electron chi connectivity index (χ4n) is 4.31. The maximum atomic E-state index is 13.6. The van der Waals surface area contributed by atoms with Gasteiger partial charge in [-0.15, -0.1) is 0 Å². The first kappa shape index (κ1) is 16.4. The second-order valence-corrected chi connectivity index (χ2v) is 7.38. The van der Waals surface area contributed by atoms with Crippen molar-refractivity contribution in [3.8, 4) is 0 Å². The molecule has 1 fully saturated rings. The molecule has 7 heteroatoms. The van der Waals surface area contributed by atoms with E-state index in [-0.39, 0.29) is 17.8 Å². The molecular formula is C20H18F2N4O. The third-order valence-corrected chi connectivity index (χ3v) is 5.74. The summed E-state index contributed by atoms with van der Waals surface area (Å²) in [5.74, 6) is -0.172. The minimum absolute atomic E-state index is 0.0608. The topological polar surface area (TPSA) is 52.7 Å². The molecule has 1 aliphatic carbocycles. The summed E-state index contributed by atoms with van der Waals surface area (Å²) in [7, 11) is 0. The molecular weight excluding hydrogens is 350 g/mol. The van der Waals surface area contributed by atoms with Gasteiger partial charge in [-0.2, -0.15) is 5.10 Å². The standard InChI is InChI=1S/C20H18F2N4O/c21-15-6-14(7-16(22)10-15)18-3-4-19-24-26(20(27)25(18)19)17-8-13(9-17)12-2-1-5-23-11-12/h1-2,5-7,10-11,13,17-18H,3-4,8-9H2/t13?,17?,18-/m0/s1. The third-order valence-electron chi connectivity index (χ3n) is 5.74. The molecule has 27 heavy (non-hydrogen) atoms. The number of aryl methyl sites for hydroxylation is 1. The summed E-state index contributed by atoms with van der Waals surface area (Å²) in [6.07, 6.45) is 6.57. The van der Waals surface area contributed by atoms with Gasteiger partial charge in [0.05, 0.1) is 12.1 Å². The zero-order valence-electron chi connectivity index (χ0n) is 14.6. The largest absolute Gasteiger partial charge is 0.346 e. The molecule has 1 aromatic carbocycles. The van der Waals surface area contributed by atoms with Crippen LogP contribution in [0.15, 0.2) is 47.5 Å². The van der Waals surface area contributed by atoms with Gasteiger partial charge in [0.1, 0.15) is 17.5 Å². The Morgan fingerprint density at radius 2 is 1.85 bits per heavy atom. The van der Waals surface area contributed by atoms with Crippen molar-refractivity contribution in [1.82, 2.24) is 19.3 Å². The average Bonchev–Trinajstić information content (AvgIpc) is 3.15. The number of benzene rings is 1. The summed E-state index contributed by atoms with van der Waals surface area (Å²) in [6.45, 7) is 0. The van der Waals surface area contributed by atoms with Gasteiger partial charge in [-0.3, -0.25) is 9.55 Å². The second kappa shape index (κ2) is 6.11. The normalized spacial score (nSPS) is 23.9. The van der Waals surface area contributed by atoms with E-state index >= 15 is 0 Å². The summed E-state index contributed by atoms with van der Waals surface area (Å²) < 4.78 is 30.4. The fourth-order valence-corrected chi connectivity index (χ4v) is 4.31. The predicted octanol–water partition coefficient (Wildman–Crippen LogP) is 3.37. The van der Waals surface area contributed by atoms with Crippen LogP contribution >= 0.6 is 0 Å². The maximum absolute atomic E-state index is 13.6. The lowest BCUT2D eigenvalue weighted by Gasteiger charge is -2.34. The summed E-state index contributed by atoms with van der Waals surface area (Å²) in [5, 5.41) is 4.53. The van der Waals surface area contributed by atoms with Crippen LogP contribution in [0.1, 0.15) is 54.2 Å². The lowest BCUT2D eigenvalue weighted by molar-refractivity contribution is 0.236. The van der Waals surface area contributed by atoms with Crippen molar-refractivity contribution in [3.05, 3.63) is 81.8 Å². The van der Waals surface area contributed by atoms with E-state index in [9.17, 15) is 13.6 Å². The van der Waals surface area contributed by atoms with Gasteiger partial charge in [0, 0.05) is 24.9 Å². The zero-order valence-corrected chi connectivity index (χ0v) is 14.6. The van der Waals surface area contributed by atoms with E-state index in [0.717, 1.165) is 18.9 Å². The summed E-state index contributed by atoms with van der Waals surface area (Å²) in [5.41, 5.74) is 1.48. The highest BCUT2D eigenvalue weighted by Crippen LogP contribution is 2.44. The first-order chi connectivity index (χ1) is 13.1. The Kier molecular flexibility index (Phi) is 3.70. The van der Waals surface area contributed by atoms with Crippen LogP contribution in [0.3, 0.4) is 0 Å². The second-order valence-electron chi connectivity index (χ2n) is 7.38. The summed E-state index contributed by atoms with van der Waals surface area (Å²) >= 11 is 0. The molecule has 3 aromatic rings. The van der Waals surface area contributed by atoms with Crippen molar-refractivity contribution in [2.45, 2.75) is 43.7 Å². The van der Waals surface area contributed by atoms with E-state index < -0.39 is 11.6 Å². The first-order valence-corrected chi connectivity index (χ1v) is 9.16. The van der Waals surface area contributed by atoms with Crippen LogP contribution in [0, 0.1) is 11.6 Å². The molecule has 0 saturated heterocycles. The van der Waals surface area contributed by atoms with E-state index in [0.29, 0.717) is 30.1 Å². The molecule has 0 amide bonds. The highest BCUT2D eigenvalue weighted by molar-refractivity contribution is 5.25. The Hall–Kier alpha value is -2.83. The molecule has 0 unspecified atom stereocenters. The number of nitrogens with zero attached hydrogens (tertiary/aromatic N) is 4. The van der Waals surface area contributed by atoms with Gasteiger partial charge >= 0.3 is 5.69 Å². The quantitative estimate of drug-likeness (QED) is 0.712. The lowest BCUT2D eigenvalue weighted by atomic mass is 9.76. The average molecular weight is 368 g/mol. The van der Waals surface area contributed by atoms with E-state index in [2.05, 4.69) is 16.1 Å². The third kappa shape index (κ3) is 2.69. The van der Waals surface area contributed by atoms with Crippen molar-refractivity contribution < 1.29 is 8.78 Å². The molecule has 3 heterocycles. The highest BCUT2D eigenvalue weighted by atomic mass is 19.1. The van der Waals surface area contributed by atoms with Gasteiger partial charge in [-0.05, 0) is 54.5 Å². The number of pyridine rings is 1. The van der Waals surface area contributed by atoms with Crippen molar-refractivity contribution in [3.63, 3.8) is 0 Å². The molecule has 1 saturated carbocycles. The number of hydrogen-bond acceptors (Lipinski definition) is 3. The number of aromatic nitrogens is 4. The molecule has 0 spiro atoms. The van der Waals surface area contributed by atoms with Crippen LogP contribution in [0.4, 0.5) is 8.78 Å². The summed E-state index contributed by atoms with van der Waals surface area (Å²) in [4.78, 5) is 17.1. The Labute approximate surface area is 154 Å². The molecule has 0 N–H and O–H groups in total. The predicted molar refractivity (Wildman–Crippen MR) is 94.6 cm³/mol. The Morgan fingerprint density at radius 1 is 1.07 bits per heavy atom. The molecule has 0 bridgehead atoms. The van der Waals surface area contributed by atoms with Crippen LogP contribution in [0.2, 0.25) is 0 Å². The van der Waals surface area contributed by atoms with Crippen molar-refractivity contribution >= 4 is 0 Å². The van der Waals surface area contributed by atoms with E-state index in [1.807, 2.05) is 12.3 Å². The lowest BCUT2D eigenvalue weighted by Crippen LogP contribution is -2.35. The van der Waals surface area contributed by atoms with Crippen LogP contribution < -0.4 is 5.69 Å². The number of fused-ring (bicyclic) bond motifs is 1. The Bertz CT molecular complexity index is 1030. The monoisotopic (exact) mass is 368 g/mol. The molecule has 1 aliphatic heterocycles.